The molecule has 0 saturated heterocycles. The molecule has 2 aromatic heterocycles. The van der Waals surface area contributed by atoms with Gasteiger partial charge in [0.2, 0.25) is 0 Å². The molecular formula is C13H16N4O. The Labute approximate surface area is 105 Å². The third-order valence-electron chi connectivity index (χ3n) is 2.73. The number of nitrogens with two attached hydrogens (primary N) is 1. The van der Waals surface area contributed by atoms with Crippen molar-refractivity contribution in [2.75, 3.05) is 6.54 Å². The third-order valence-corrected chi connectivity index (χ3v) is 2.73. The summed E-state index contributed by atoms with van der Waals surface area (Å²) in [4.78, 5) is 22.9. The number of hydrogen-bond donors (Lipinski definition) is 2. The molecule has 3 N–H and O–H groups in total. The van der Waals surface area contributed by atoms with Crippen LogP contribution in [0.1, 0.15) is 18.2 Å². The van der Waals surface area contributed by atoms with Gasteiger partial charge in [-0.2, -0.15) is 0 Å². The van der Waals surface area contributed by atoms with Crippen LogP contribution < -0.4 is 11.3 Å². The van der Waals surface area contributed by atoms with E-state index in [9.17, 15) is 4.79 Å². The van der Waals surface area contributed by atoms with Crippen molar-refractivity contribution in [3.05, 3.63) is 46.1 Å². The van der Waals surface area contributed by atoms with Gasteiger partial charge >= 0.3 is 0 Å². The molecule has 2 heterocycles. The number of H-pyrrole nitrogens is 1. The zero-order valence-electron chi connectivity index (χ0n) is 10.3. The molecular weight excluding hydrogens is 228 g/mol. The maximum absolute atomic E-state index is 11.6. The van der Waals surface area contributed by atoms with Crippen molar-refractivity contribution in [1.82, 2.24) is 15.0 Å². The molecule has 0 atom stereocenters. The van der Waals surface area contributed by atoms with Crippen molar-refractivity contribution in [2.45, 2.75) is 19.8 Å². The van der Waals surface area contributed by atoms with Crippen molar-refractivity contribution >= 4 is 0 Å². The van der Waals surface area contributed by atoms with Gasteiger partial charge in [0.15, 0.2) is 0 Å². The van der Waals surface area contributed by atoms with E-state index in [0.717, 1.165) is 23.2 Å². The van der Waals surface area contributed by atoms with Gasteiger partial charge in [0, 0.05) is 36.1 Å². The lowest BCUT2D eigenvalue weighted by molar-refractivity contribution is 0.904. The molecule has 5 nitrogen and oxygen atoms in total. The van der Waals surface area contributed by atoms with E-state index in [4.69, 9.17) is 5.73 Å². The number of rotatable bonds is 4. The lowest BCUT2D eigenvalue weighted by atomic mass is 10.1. The summed E-state index contributed by atoms with van der Waals surface area (Å²) in [5.74, 6) is 0.588. The maximum atomic E-state index is 11.6. The number of nitrogens with zero attached hydrogens (tertiary/aromatic N) is 2. The minimum atomic E-state index is -0.151. The number of aromatic amines is 1. The monoisotopic (exact) mass is 244 g/mol. The number of aryl methyl sites for hydroxylation is 1. The van der Waals surface area contributed by atoms with Crippen LogP contribution in [-0.4, -0.2) is 21.5 Å². The first-order valence-electron chi connectivity index (χ1n) is 5.98. The molecule has 0 amide bonds. The Kier molecular flexibility index (Phi) is 3.84. The van der Waals surface area contributed by atoms with Crippen molar-refractivity contribution in [1.29, 1.82) is 0 Å². The van der Waals surface area contributed by atoms with E-state index in [0.29, 0.717) is 18.8 Å². The molecule has 0 bridgehead atoms. The average molecular weight is 244 g/mol. The van der Waals surface area contributed by atoms with Crippen molar-refractivity contribution in [3.63, 3.8) is 0 Å². The highest BCUT2D eigenvalue weighted by Crippen LogP contribution is 2.18. The Balaban J connectivity index is 2.53. The summed E-state index contributed by atoms with van der Waals surface area (Å²) in [6.45, 7) is 2.52. The Hall–Kier alpha value is -2.01. The maximum Gasteiger partial charge on any atom is 0.251 e. The zero-order chi connectivity index (χ0) is 13.0. The molecule has 0 aliphatic rings. The molecule has 5 heteroatoms. The lowest BCUT2D eigenvalue weighted by Crippen LogP contribution is -2.13. The molecule has 0 aromatic carbocycles. The summed E-state index contributed by atoms with van der Waals surface area (Å²) in [5, 5.41) is 0. The second-order valence-electron chi connectivity index (χ2n) is 4.01. The van der Waals surface area contributed by atoms with Crippen molar-refractivity contribution < 1.29 is 0 Å². The largest absolute Gasteiger partial charge is 0.330 e. The standard InChI is InChI=1S/C13H16N4O/c1-2-9-8-15-6-4-11(9)13-16-10(3-5-14)7-12(18)17-13/h4,6-8H,2-3,5,14H2,1H3,(H,16,17,18). The predicted molar refractivity (Wildman–Crippen MR) is 70.2 cm³/mol. The number of hydrogen-bond acceptors (Lipinski definition) is 4. The molecule has 2 aromatic rings. The van der Waals surface area contributed by atoms with E-state index in [2.05, 4.69) is 15.0 Å². The minimum absolute atomic E-state index is 0.151. The van der Waals surface area contributed by atoms with Crippen LogP contribution in [0.25, 0.3) is 11.4 Å². The molecule has 18 heavy (non-hydrogen) atoms. The van der Waals surface area contributed by atoms with E-state index < -0.39 is 0 Å². The van der Waals surface area contributed by atoms with E-state index in [-0.39, 0.29) is 5.56 Å². The van der Waals surface area contributed by atoms with Gasteiger partial charge in [-0.25, -0.2) is 4.98 Å². The van der Waals surface area contributed by atoms with Crippen LogP contribution in [0.5, 0.6) is 0 Å². The number of aromatic nitrogens is 3. The highest BCUT2D eigenvalue weighted by molar-refractivity contribution is 5.59. The van der Waals surface area contributed by atoms with Gasteiger partial charge in [-0.1, -0.05) is 6.92 Å². The molecule has 0 saturated carbocycles. The highest BCUT2D eigenvalue weighted by Gasteiger charge is 2.07. The highest BCUT2D eigenvalue weighted by atomic mass is 16.1. The van der Waals surface area contributed by atoms with E-state index in [1.165, 1.54) is 6.07 Å². The number of pyridine rings is 1. The molecule has 0 unspecified atom stereocenters. The summed E-state index contributed by atoms with van der Waals surface area (Å²) in [6, 6.07) is 3.35. The summed E-state index contributed by atoms with van der Waals surface area (Å²) >= 11 is 0. The van der Waals surface area contributed by atoms with Gasteiger partial charge in [-0.05, 0) is 24.6 Å². The average Bonchev–Trinajstić information content (AvgIpc) is 2.38. The van der Waals surface area contributed by atoms with Gasteiger partial charge in [0.1, 0.15) is 5.82 Å². The normalized spacial score (nSPS) is 10.6. The first kappa shape index (κ1) is 12.4. The number of nitrogens with one attached hydrogen (secondary N) is 1. The quantitative estimate of drug-likeness (QED) is 0.836. The van der Waals surface area contributed by atoms with Crippen molar-refractivity contribution in [3.8, 4) is 11.4 Å². The summed E-state index contributed by atoms with van der Waals surface area (Å²) < 4.78 is 0. The summed E-state index contributed by atoms with van der Waals surface area (Å²) in [7, 11) is 0. The van der Waals surface area contributed by atoms with E-state index in [1.54, 1.807) is 12.4 Å². The zero-order valence-corrected chi connectivity index (χ0v) is 10.3. The van der Waals surface area contributed by atoms with Crippen LogP contribution in [0.3, 0.4) is 0 Å². The van der Waals surface area contributed by atoms with Crippen LogP contribution in [0.4, 0.5) is 0 Å². The second kappa shape index (κ2) is 5.55. The van der Waals surface area contributed by atoms with Gasteiger partial charge in [0.05, 0.1) is 0 Å². The fourth-order valence-electron chi connectivity index (χ4n) is 1.85. The summed E-state index contributed by atoms with van der Waals surface area (Å²) in [5.41, 5.74) is 8.04. The Bertz CT molecular complexity index is 592. The first-order valence-corrected chi connectivity index (χ1v) is 5.98. The molecule has 0 spiro atoms. The van der Waals surface area contributed by atoms with Crippen LogP contribution in [-0.2, 0) is 12.8 Å². The van der Waals surface area contributed by atoms with E-state index >= 15 is 0 Å². The van der Waals surface area contributed by atoms with Crippen molar-refractivity contribution in [2.24, 2.45) is 5.73 Å². The van der Waals surface area contributed by atoms with Gasteiger partial charge < -0.3 is 10.7 Å². The van der Waals surface area contributed by atoms with Gasteiger partial charge in [-0.15, -0.1) is 0 Å². The second-order valence-corrected chi connectivity index (χ2v) is 4.01. The minimum Gasteiger partial charge on any atom is -0.330 e. The molecule has 0 aliphatic heterocycles. The first-order chi connectivity index (χ1) is 8.74. The molecule has 0 fully saturated rings. The van der Waals surface area contributed by atoms with Crippen LogP contribution in [0.2, 0.25) is 0 Å². The fraction of sp³-hybridized carbons (Fsp3) is 0.308. The van der Waals surface area contributed by atoms with Crippen LogP contribution >= 0.6 is 0 Å². The Morgan fingerprint density at radius 1 is 1.44 bits per heavy atom. The van der Waals surface area contributed by atoms with E-state index in [1.807, 2.05) is 13.0 Å². The van der Waals surface area contributed by atoms with Crippen LogP contribution in [0.15, 0.2) is 29.3 Å². The Morgan fingerprint density at radius 2 is 2.28 bits per heavy atom. The lowest BCUT2D eigenvalue weighted by Gasteiger charge is -2.07. The van der Waals surface area contributed by atoms with Gasteiger partial charge in [0.25, 0.3) is 5.56 Å². The molecule has 0 aliphatic carbocycles. The van der Waals surface area contributed by atoms with Crippen LogP contribution in [0, 0.1) is 0 Å². The molecule has 94 valence electrons. The molecule has 0 radical (unpaired) electrons. The fourth-order valence-corrected chi connectivity index (χ4v) is 1.85. The Morgan fingerprint density at radius 3 is 3.00 bits per heavy atom. The predicted octanol–water partition coefficient (Wildman–Crippen LogP) is 0.895. The third kappa shape index (κ3) is 2.62. The molecule has 2 rings (SSSR count). The van der Waals surface area contributed by atoms with Gasteiger partial charge in [-0.3, -0.25) is 9.78 Å². The summed E-state index contributed by atoms with van der Waals surface area (Å²) in [6.07, 6.45) is 4.94. The topological polar surface area (TPSA) is 84.7 Å². The smallest absolute Gasteiger partial charge is 0.251 e. The SMILES string of the molecule is CCc1cnccc1-c1nc(CCN)cc(=O)[nH]1.